The number of pyridine rings is 1. The maximum Gasteiger partial charge on any atom is 0.0557 e. The lowest BCUT2D eigenvalue weighted by molar-refractivity contribution is 0.442. The van der Waals surface area contributed by atoms with Gasteiger partial charge in [-0.1, -0.05) is 35.8 Å². The fourth-order valence-electron chi connectivity index (χ4n) is 2.29. The lowest BCUT2D eigenvalue weighted by atomic mass is 10.1. The number of nitrogens with zero attached hydrogens (tertiary/aromatic N) is 2. The van der Waals surface area contributed by atoms with Crippen molar-refractivity contribution >= 4 is 40.7 Å². The van der Waals surface area contributed by atoms with Gasteiger partial charge in [-0.05, 0) is 37.6 Å². The van der Waals surface area contributed by atoms with Crippen LogP contribution in [-0.2, 0) is 5.75 Å². The van der Waals surface area contributed by atoms with Crippen LogP contribution in [0.1, 0.15) is 25.0 Å². The summed E-state index contributed by atoms with van der Waals surface area (Å²) in [6.07, 6.45) is 3.73. The molecule has 0 atom stereocenters. The lowest BCUT2D eigenvalue weighted by Gasteiger charge is -2.23. The van der Waals surface area contributed by atoms with Crippen LogP contribution in [0.25, 0.3) is 5.70 Å². The maximum absolute atomic E-state index is 6.21. The zero-order valence-corrected chi connectivity index (χ0v) is 15.7. The van der Waals surface area contributed by atoms with Crippen molar-refractivity contribution in [2.24, 2.45) is 0 Å². The first-order valence-corrected chi connectivity index (χ1v) is 9.25. The molecule has 0 saturated carbocycles. The predicted octanol–water partition coefficient (Wildman–Crippen LogP) is 5.99. The minimum atomic E-state index is 0.680. The smallest absolute Gasteiger partial charge is 0.0557 e. The van der Waals surface area contributed by atoms with E-state index >= 15 is 0 Å². The summed E-state index contributed by atoms with van der Waals surface area (Å²) in [6.45, 7) is 10.3. The van der Waals surface area contributed by atoms with Gasteiger partial charge in [0.2, 0.25) is 0 Å². The molecule has 2 rings (SSSR count). The average molecular weight is 367 g/mol. The summed E-state index contributed by atoms with van der Waals surface area (Å²) in [6, 6.07) is 7.69. The summed E-state index contributed by atoms with van der Waals surface area (Å²) in [5, 5.41) is 1.36. The van der Waals surface area contributed by atoms with Crippen LogP contribution in [0, 0.1) is 0 Å². The molecule has 0 amide bonds. The standard InChI is InChI=1S/C18H20Cl2N2S/c1-4-22(5-2)13(3)15-9-14(10-21-11-15)12-23-18-16(19)7-6-8-17(18)20/h6-11H,3-5,12H2,1-2H3. The Hall–Kier alpha value is -1.16. The molecule has 1 aromatic carbocycles. The molecule has 0 saturated heterocycles. The molecule has 122 valence electrons. The van der Waals surface area contributed by atoms with E-state index in [4.69, 9.17) is 23.2 Å². The fourth-order valence-corrected chi connectivity index (χ4v) is 3.89. The van der Waals surface area contributed by atoms with Crippen molar-refractivity contribution < 1.29 is 0 Å². The first-order chi connectivity index (χ1) is 11.1. The van der Waals surface area contributed by atoms with Crippen molar-refractivity contribution in [2.45, 2.75) is 24.5 Å². The van der Waals surface area contributed by atoms with Crippen LogP contribution in [0.3, 0.4) is 0 Å². The molecule has 2 nitrogen and oxygen atoms in total. The van der Waals surface area contributed by atoms with E-state index in [1.165, 1.54) is 0 Å². The van der Waals surface area contributed by atoms with Crippen LogP contribution in [0.15, 0.2) is 48.1 Å². The van der Waals surface area contributed by atoms with E-state index in [1.807, 2.05) is 30.6 Å². The second-order valence-corrected chi connectivity index (χ2v) is 6.84. The van der Waals surface area contributed by atoms with Crippen LogP contribution in [0.4, 0.5) is 0 Å². The highest BCUT2D eigenvalue weighted by Crippen LogP contribution is 2.35. The van der Waals surface area contributed by atoms with Gasteiger partial charge in [-0.15, -0.1) is 11.8 Å². The van der Waals surface area contributed by atoms with Gasteiger partial charge in [0, 0.05) is 47.4 Å². The Labute approximate surface area is 152 Å². The van der Waals surface area contributed by atoms with Crippen molar-refractivity contribution in [3.63, 3.8) is 0 Å². The molecule has 1 aromatic heterocycles. The largest absolute Gasteiger partial charge is 0.372 e. The lowest BCUT2D eigenvalue weighted by Crippen LogP contribution is -2.20. The van der Waals surface area contributed by atoms with Crippen molar-refractivity contribution in [3.05, 3.63) is 64.4 Å². The van der Waals surface area contributed by atoms with E-state index in [0.29, 0.717) is 10.0 Å². The topological polar surface area (TPSA) is 16.1 Å². The average Bonchev–Trinajstić information content (AvgIpc) is 2.55. The Balaban J connectivity index is 2.13. The van der Waals surface area contributed by atoms with Gasteiger partial charge < -0.3 is 4.90 Å². The first kappa shape index (κ1) is 18.2. The highest BCUT2D eigenvalue weighted by Gasteiger charge is 2.09. The van der Waals surface area contributed by atoms with Crippen molar-refractivity contribution in [1.29, 1.82) is 0 Å². The minimum absolute atomic E-state index is 0.680. The zero-order valence-electron chi connectivity index (χ0n) is 13.4. The summed E-state index contributed by atoms with van der Waals surface area (Å²) < 4.78 is 0. The number of halogens is 2. The summed E-state index contributed by atoms with van der Waals surface area (Å²) in [4.78, 5) is 7.47. The summed E-state index contributed by atoms with van der Waals surface area (Å²) >= 11 is 14.0. The highest BCUT2D eigenvalue weighted by molar-refractivity contribution is 7.98. The van der Waals surface area contributed by atoms with Crippen LogP contribution in [0.2, 0.25) is 10.0 Å². The van der Waals surface area contributed by atoms with Crippen LogP contribution in [-0.4, -0.2) is 23.0 Å². The number of benzene rings is 1. The Bertz CT molecular complexity index is 664. The number of thioether (sulfide) groups is 1. The first-order valence-electron chi connectivity index (χ1n) is 7.51. The van der Waals surface area contributed by atoms with Gasteiger partial charge >= 0.3 is 0 Å². The van der Waals surface area contributed by atoms with Crippen LogP contribution >= 0.6 is 35.0 Å². The number of aromatic nitrogens is 1. The molecule has 2 aromatic rings. The van der Waals surface area contributed by atoms with E-state index in [0.717, 1.165) is 40.6 Å². The van der Waals surface area contributed by atoms with Crippen molar-refractivity contribution in [2.75, 3.05) is 13.1 Å². The molecule has 0 aliphatic heterocycles. The van der Waals surface area contributed by atoms with Crippen LogP contribution < -0.4 is 0 Å². The second-order valence-electron chi connectivity index (χ2n) is 5.04. The molecule has 23 heavy (non-hydrogen) atoms. The highest BCUT2D eigenvalue weighted by atomic mass is 35.5. The summed E-state index contributed by atoms with van der Waals surface area (Å²) in [7, 11) is 0. The van der Waals surface area contributed by atoms with Crippen molar-refractivity contribution in [3.8, 4) is 0 Å². The summed E-state index contributed by atoms with van der Waals surface area (Å²) in [5.41, 5.74) is 3.18. The van der Waals surface area contributed by atoms with Gasteiger partial charge in [0.05, 0.1) is 10.0 Å². The van der Waals surface area contributed by atoms with E-state index in [2.05, 4.69) is 36.4 Å². The second kappa shape index (κ2) is 8.62. The Morgan fingerprint density at radius 3 is 2.43 bits per heavy atom. The molecule has 0 bridgehead atoms. The van der Waals surface area contributed by atoms with E-state index in [9.17, 15) is 0 Å². The van der Waals surface area contributed by atoms with E-state index < -0.39 is 0 Å². The van der Waals surface area contributed by atoms with Gasteiger partial charge in [0.15, 0.2) is 0 Å². The van der Waals surface area contributed by atoms with Gasteiger partial charge in [-0.3, -0.25) is 4.98 Å². The Morgan fingerprint density at radius 1 is 1.17 bits per heavy atom. The third-order valence-electron chi connectivity index (χ3n) is 3.58. The third-order valence-corrected chi connectivity index (χ3v) is 5.64. The third kappa shape index (κ3) is 4.66. The molecule has 0 unspecified atom stereocenters. The SMILES string of the molecule is C=C(c1cncc(CSc2c(Cl)cccc2Cl)c1)N(CC)CC. The molecule has 1 heterocycles. The van der Waals surface area contributed by atoms with Gasteiger partial charge in [-0.2, -0.15) is 0 Å². The van der Waals surface area contributed by atoms with E-state index in [1.54, 1.807) is 11.8 Å². The molecular weight excluding hydrogens is 347 g/mol. The fraction of sp³-hybridized carbons (Fsp3) is 0.278. The van der Waals surface area contributed by atoms with Crippen molar-refractivity contribution in [1.82, 2.24) is 9.88 Å². The molecule has 0 aliphatic rings. The monoisotopic (exact) mass is 366 g/mol. The quantitative estimate of drug-likeness (QED) is 0.559. The Morgan fingerprint density at radius 2 is 1.83 bits per heavy atom. The molecule has 5 heteroatoms. The molecular formula is C18H20Cl2N2S. The molecule has 0 aliphatic carbocycles. The normalized spacial score (nSPS) is 10.6. The maximum atomic E-state index is 6.21. The summed E-state index contributed by atoms with van der Waals surface area (Å²) in [5.74, 6) is 0.760. The molecule has 0 spiro atoms. The molecule has 0 N–H and O–H groups in total. The zero-order chi connectivity index (χ0) is 16.8. The van der Waals surface area contributed by atoms with Gasteiger partial charge in [-0.25, -0.2) is 0 Å². The molecule has 0 fully saturated rings. The number of hydrogen-bond acceptors (Lipinski definition) is 3. The number of hydrogen-bond donors (Lipinski definition) is 0. The predicted molar refractivity (Wildman–Crippen MR) is 102 cm³/mol. The van der Waals surface area contributed by atoms with Gasteiger partial charge in [0.25, 0.3) is 0 Å². The van der Waals surface area contributed by atoms with Gasteiger partial charge in [0.1, 0.15) is 0 Å². The Kier molecular flexibility index (Phi) is 6.82. The number of rotatable bonds is 7. The molecule has 0 radical (unpaired) electrons. The van der Waals surface area contributed by atoms with E-state index in [-0.39, 0.29) is 0 Å². The minimum Gasteiger partial charge on any atom is -0.372 e. The van der Waals surface area contributed by atoms with Crippen LogP contribution in [0.5, 0.6) is 0 Å².